The zero-order valence-corrected chi connectivity index (χ0v) is 9.45. The van der Waals surface area contributed by atoms with Crippen LogP contribution in [-0.2, 0) is 9.53 Å². The van der Waals surface area contributed by atoms with Gasteiger partial charge in [-0.05, 0) is 19.1 Å². The molecule has 0 aliphatic carbocycles. The van der Waals surface area contributed by atoms with Gasteiger partial charge in [0.2, 0.25) is 0 Å². The maximum Gasteiger partial charge on any atom is 0.340 e. The zero-order valence-electron chi connectivity index (χ0n) is 8.70. The van der Waals surface area contributed by atoms with E-state index < -0.39 is 5.97 Å². The van der Waals surface area contributed by atoms with Crippen LogP contribution in [0.1, 0.15) is 17.3 Å². The molecule has 0 aliphatic rings. The van der Waals surface area contributed by atoms with Crippen LogP contribution in [0.3, 0.4) is 0 Å². The molecule has 16 heavy (non-hydrogen) atoms. The fourth-order valence-electron chi connectivity index (χ4n) is 0.959. The SMILES string of the molecule is CCNC(=O)COC(=O)c1ccc(Cl)nc1. The van der Waals surface area contributed by atoms with Crippen molar-refractivity contribution in [2.75, 3.05) is 13.2 Å². The maximum absolute atomic E-state index is 11.4. The van der Waals surface area contributed by atoms with Gasteiger partial charge in [-0.2, -0.15) is 0 Å². The Balaban J connectivity index is 2.47. The first-order valence-corrected chi connectivity index (χ1v) is 5.06. The molecule has 0 saturated carbocycles. The number of ether oxygens (including phenoxy) is 1. The smallest absolute Gasteiger partial charge is 0.340 e. The summed E-state index contributed by atoms with van der Waals surface area (Å²) in [6.07, 6.45) is 1.29. The molecule has 0 fully saturated rings. The first kappa shape index (κ1) is 12.4. The molecular formula is C10H11ClN2O3. The van der Waals surface area contributed by atoms with Crippen molar-refractivity contribution in [3.8, 4) is 0 Å². The molecule has 1 N–H and O–H groups in total. The summed E-state index contributed by atoms with van der Waals surface area (Å²) in [5.41, 5.74) is 0.258. The van der Waals surface area contributed by atoms with E-state index in [9.17, 15) is 9.59 Å². The highest BCUT2D eigenvalue weighted by Gasteiger charge is 2.09. The molecule has 0 saturated heterocycles. The molecular weight excluding hydrogens is 232 g/mol. The lowest BCUT2D eigenvalue weighted by atomic mass is 10.3. The lowest BCUT2D eigenvalue weighted by Gasteiger charge is -2.04. The van der Waals surface area contributed by atoms with Crippen molar-refractivity contribution >= 4 is 23.5 Å². The van der Waals surface area contributed by atoms with E-state index in [1.807, 2.05) is 0 Å². The third-order valence-electron chi connectivity index (χ3n) is 1.67. The number of halogens is 1. The van der Waals surface area contributed by atoms with E-state index in [1.165, 1.54) is 18.3 Å². The topological polar surface area (TPSA) is 68.3 Å². The van der Waals surface area contributed by atoms with Gasteiger partial charge in [-0.3, -0.25) is 4.79 Å². The number of pyridine rings is 1. The van der Waals surface area contributed by atoms with E-state index >= 15 is 0 Å². The lowest BCUT2D eigenvalue weighted by molar-refractivity contribution is -0.124. The first-order valence-electron chi connectivity index (χ1n) is 4.69. The van der Waals surface area contributed by atoms with Crippen LogP contribution in [0.15, 0.2) is 18.3 Å². The number of nitrogens with zero attached hydrogens (tertiary/aromatic N) is 1. The van der Waals surface area contributed by atoms with Crippen LogP contribution >= 0.6 is 11.6 Å². The third-order valence-corrected chi connectivity index (χ3v) is 1.89. The number of hydrogen-bond donors (Lipinski definition) is 1. The van der Waals surface area contributed by atoms with Gasteiger partial charge in [0.05, 0.1) is 5.56 Å². The van der Waals surface area contributed by atoms with Gasteiger partial charge in [-0.1, -0.05) is 11.6 Å². The van der Waals surface area contributed by atoms with Crippen molar-refractivity contribution in [1.82, 2.24) is 10.3 Å². The van der Waals surface area contributed by atoms with Crippen LogP contribution in [0, 0.1) is 0 Å². The van der Waals surface area contributed by atoms with Crippen LogP contribution in [0.4, 0.5) is 0 Å². The largest absolute Gasteiger partial charge is 0.452 e. The summed E-state index contributed by atoms with van der Waals surface area (Å²) in [5, 5.41) is 2.80. The summed E-state index contributed by atoms with van der Waals surface area (Å²) in [4.78, 5) is 26.1. The molecule has 0 aliphatic heterocycles. The summed E-state index contributed by atoms with van der Waals surface area (Å²) in [6.45, 7) is 1.98. The van der Waals surface area contributed by atoms with Gasteiger partial charge in [0.25, 0.3) is 5.91 Å². The van der Waals surface area contributed by atoms with Gasteiger partial charge in [0.15, 0.2) is 6.61 Å². The van der Waals surface area contributed by atoms with Gasteiger partial charge in [0.1, 0.15) is 5.15 Å². The van der Waals surface area contributed by atoms with Crippen LogP contribution in [0.25, 0.3) is 0 Å². The number of nitrogens with one attached hydrogen (secondary N) is 1. The fourth-order valence-corrected chi connectivity index (χ4v) is 1.07. The second-order valence-electron chi connectivity index (χ2n) is 2.90. The molecule has 0 unspecified atom stereocenters. The molecule has 6 heteroatoms. The van der Waals surface area contributed by atoms with Gasteiger partial charge in [-0.15, -0.1) is 0 Å². The van der Waals surface area contributed by atoms with Gasteiger partial charge in [0, 0.05) is 12.7 Å². The van der Waals surface area contributed by atoms with Crippen molar-refractivity contribution in [1.29, 1.82) is 0 Å². The summed E-state index contributed by atoms with van der Waals surface area (Å²) in [6, 6.07) is 2.96. The van der Waals surface area contributed by atoms with Crippen LogP contribution in [0.5, 0.6) is 0 Å². The van der Waals surface area contributed by atoms with Crippen molar-refractivity contribution < 1.29 is 14.3 Å². The average Bonchev–Trinajstić information content (AvgIpc) is 2.27. The molecule has 0 bridgehead atoms. The van der Waals surface area contributed by atoms with E-state index in [4.69, 9.17) is 16.3 Å². The molecule has 0 atom stereocenters. The second kappa shape index (κ2) is 6.07. The summed E-state index contributed by atoms with van der Waals surface area (Å²) < 4.78 is 4.75. The highest BCUT2D eigenvalue weighted by atomic mass is 35.5. The van der Waals surface area contributed by atoms with Crippen molar-refractivity contribution in [3.05, 3.63) is 29.0 Å². The molecule has 0 aromatic carbocycles. The minimum absolute atomic E-state index is 0.258. The third kappa shape index (κ3) is 3.86. The van der Waals surface area contributed by atoms with E-state index in [0.717, 1.165) is 0 Å². The lowest BCUT2D eigenvalue weighted by Crippen LogP contribution is -2.28. The Morgan fingerprint density at radius 1 is 1.50 bits per heavy atom. The fraction of sp³-hybridized carbons (Fsp3) is 0.300. The minimum Gasteiger partial charge on any atom is -0.452 e. The van der Waals surface area contributed by atoms with E-state index in [2.05, 4.69) is 10.3 Å². The predicted octanol–water partition coefficient (Wildman–Crippen LogP) is 1.03. The number of amides is 1. The van der Waals surface area contributed by atoms with E-state index in [-0.39, 0.29) is 18.1 Å². The number of likely N-dealkylation sites (N-methyl/N-ethyl adjacent to an activating group) is 1. The Bertz CT molecular complexity index is 378. The summed E-state index contributed by atoms with van der Waals surface area (Å²) in [5.74, 6) is -0.937. The number of aromatic nitrogens is 1. The van der Waals surface area contributed by atoms with Crippen molar-refractivity contribution in [3.63, 3.8) is 0 Å². The zero-order chi connectivity index (χ0) is 12.0. The minimum atomic E-state index is -0.601. The predicted molar refractivity (Wildman–Crippen MR) is 58.2 cm³/mol. The first-order chi connectivity index (χ1) is 7.63. The van der Waals surface area contributed by atoms with Crippen molar-refractivity contribution in [2.45, 2.75) is 6.92 Å². The van der Waals surface area contributed by atoms with Crippen LogP contribution < -0.4 is 5.32 Å². The number of hydrogen-bond acceptors (Lipinski definition) is 4. The summed E-state index contributed by atoms with van der Waals surface area (Å²) >= 11 is 5.56. The second-order valence-corrected chi connectivity index (χ2v) is 3.29. The standard InChI is InChI=1S/C10H11ClN2O3/c1-2-12-9(14)6-16-10(15)7-3-4-8(11)13-5-7/h3-5H,2,6H2,1H3,(H,12,14). The molecule has 1 aromatic rings. The molecule has 0 radical (unpaired) electrons. The molecule has 1 rings (SSSR count). The molecule has 0 spiro atoms. The van der Waals surface area contributed by atoms with Gasteiger partial charge in [-0.25, -0.2) is 9.78 Å². The van der Waals surface area contributed by atoms with Gasteiger partial charge >= 0.3 is 5.97 Å². The number of carbonyl (C=O) groups excluding carboxylic acids is 2. The Labute approximate surface area is 97.8 Å². The average molecular weight is 243 g/mol. The Hall–Kier alpha value is -1.62. The normalized spacial score (nSPS) is 9.62. The van der Waals surface area contributed by atoms with Crippen LogP contribution in [-0.4, -0.2) is 30.0 Å². The van der Waals surface area contributed by atoms with E-state index in [0.29, 0.717) is 11.7 Å². The monoisotopic (exact) mass is 242 g/mol. The number of carbonyl (C=O) groups is 2. The van der Waals surface area contributed by atoms with Gasteiger partial charge < -0.3 is 10.1 Å². The molecule has 5 nitrogen and oxygen atoms in total. The molecule has 1 heterocycles. The highest BCUT2D eigenvalue weighted by Crippen LogP contribution is 2.06. The quantitative estimate of drug-likeness (QED) is 0.633. The van der Waals surface area contributed by atoms with Crippen LogP contribution in [0.2, 0.25) is 5.15 Å². The Kier molecular flexibility index (Phi) is 4.72. The highest BCUT2D eigenvalue weighted by molar-refractivity contribution is 6.29. The summed E-state index contributed by atoms with van der Waals surface area (Å²) in [7, 11) is 0. The number of rotatable bonds is 4. The van der Waals surface area contributed by atoms with E-state index in [1.54, 1.807) is 6.92 Å². The Morgan fingerprint density at radius 3 is 2.81 bits per heavy atom. The van der Waals surface area contributed by atoms with Crippen molar-refractivity contribution in [2.24, 2.45) is 0 Å². The molecule has 1 aromatic heterocycles. The maximum atomic E-state index is 11.4. The molecule has 86 valence electrons. The molecule has 1 amide bonds. The Morgan fingerprint density at radius 2 is 2.25 bits per heavy atom. The number of esters is 1.